The van der Waals surface area contributed by atoms with Gasteiger partial charge in [-0.1, -0.05) is 0 Å². The van der Waals surface area contributed by atoms with Crippen molar-refractivity contribution in [3.8, 4) is 0 Å². The lowest BCUT2D eigenvalue weighted by atomic mass is 10.2. The molecule has 0 radical (unpaired) electrons. The van der Waals surface area contributed by atoms with E-state index in [4.69, 9.17) is 4.74 Å². The summed E-state index contributed by atoms with van der Waals surface area (Å²) in [6.45, 7) is 4.34. The van der Waals surface area contributed by atoms with Gasteiger partial charge in [-0.15, -0.1) is 0 Å². The second kappa shape index (κ2) is 6.50. The van der Waals surface area contributed by atoms with Crippen LogP contribution in [0.3, 0.4) is 0 Å². The molecule has 2 atom stereocenters. The van der Waals surface area contributed by atoms with Gasteiger partial charge < -0.3 is 19.6 Å². The van der Waals surface area contributed by atoms with Crippen LogP contribution < -0.4 is 0 Å². The molecule has 0 aromatic rings. The first kappa shape index (κ1) is 13.8. The Bertz CT molecular complexity index is 279. The fourth-order valence-electron chi connectivity index (χ4n) is 2.81. The number of rotatable bonds is 5. The lowest BCUT2D eigenvalue weighted by Gasteiger charge is -2.17. The van der Waals surface area contributed by atoms with Crippen molar-refractivity contribution in [2.24, 2.45) is 0 Å². The van der Waals surface area contributed by atoms with Crippen molar-refractivity contribution in [1.29, 1.82) is 0 Å². The second-order valence-electron chi connectivity index (χ2n) is 5.29. The number of ether oxygens (including phenoxy) is 1. The van der Waals surface area contributed by atoms with E-state index in [0.717, 1.165) is 13.0 Å². The number of nitrogens with zero attached hydrogens (tertiary/aromatic N) is 2. The number of carbonyl (C=O) groups excluding carboxylic acids is 1. The Kier molecular flexibility index (Phi) is 4.97. The van der Waals surface area contributed by atoms with Crippen LogP contribution in [0.2, 0.25) is 0 Å². The van der Waals surface area contributed by atoms with Crippen LogP contribution in [0.15, 0.2) is 0 Å². The van der Waals surface area contributed by atoms with Crippen LogP contribution >= 0.6 is 0 Å². The van der Waals surface area contributed by atoms with Crippen LogP contribution in [0, 0.1) is 0 Å². The van der Waals surface area contributed by atoms with Gasteiger partial charge in [0, 0.05) is 26.6 Å². The Labute approximate surface area is 109 Å². The number of amides is 1. The molecule has 0 unspecified atom stereocenters. The SMILES string of the molecule is CO[C@H]1CN(C(=O)CCCN2CCCC2)C[C@@H]1O. The predicted octanol–water partition coefficient (Wildman–Crippen LogP) is 0.0805. The Morgan fingerprint density at radius 1 is 1.33 bits per heavy atom. The minimum Gasteiger partial charge on any atom is -0.388 e. The Morgan fingerprint density at radius 3 is 2.67 bits per heavy atom. The lowest BCUT2D eigenvalue weighted by Crippen LogP contribution is -2.30. The van der Waals surface area contributed by atoms with Gasteiger partial charge in [-0.3, -0.25) is 4.79 Å². The van der Waals surface area contributed by atoms with E-state index < -0.39 is 6.10 Å². The van der Waals surface area contributed by atoms with Gasteiger partial charge >= 0.3 is 0 Å². The molecule has 18 heavy (non-hydrogen) atoms. The highest BCUT2D eigenvalue weighted by Gasteiger charge is 2.33. The first-order valence-electron chi connectivity index (χ1n) is 6.91. The zero-order valence-corrected chi connectivity index (χ0v) is 11.2. The van der Waals surface area contributed by atoms with Crippen LogP contribution in [-0.2, 0) is 9.53 Å². The van der Waals surface area contributed by atoms with Crippen molar-refractivity contribution < 1.29 is 14.6 Å². The Hall–Kier alpha value is -0.650. The summed E-state index contributed by atoms with van der Waals surface area (Å²) in [6.07, 6.45) is 3.34. The minimum absolute atomic E-state index is 0.146. The third-order valence-electron chi connectivity index (χ3n) is 3.96. The third kappa shape index (κ3) is 3.43. The first-order chi connectivity index (χ1) is 8.70. The number of carbonyl (C=O) groups is 1. The van der Waals surface area contributed by atoms with E-state index in [1.807, 2.05) is 0 Å². The van der Waals surface area contributed by atoms with Crippen molar-refractivity contribution >= 4 is 5.91 Å². The molecule has 2 heterocycles. The maximum atomic E-state index is 12.0. The van der Waals surface area contributed by atoms with Gasteiger partial charge in [0.25, 0.3) is 0 Å². The van der Waals surface area contributed by atoms with Crippen molar-refractivity contribution in [2.75, 3.05) is 39.8 Å². The number of β-amino-alcohol motifs (C(OH)–C–C–N with tert-alkyl or cyclic N) is 1. The van der Waals surface area contributed by atoms with Gasteiger partial charge in [0.2, 0.25) is 5.91 Å². The summed E-state index contributed by atoms with van der Waals surface area (Å²) in [4.78, 5) is 16.1. The fraction of sp³-hybridized carbons (Fsp3) is 0.923. The van der Waals surface area contributed by atoms with Crippen LogP contribution in [0.25, 0.3) is 0 Å². The normalized spacial score (nSPS) is 29.1. The maximum Gasteiger partial charge on any atom is 0.222 e. The third-order valence-corrected chi connectivity index (χ3v) is 3.96. The quantitative estimate of drug-likeness (QED) is 0.757. The Morgan fingerprint density at radius 2 is 2.06 bits per heavy atom. The smallest absolute Gasteiger partial charge is 0.222 e. The highest BCUT2D eigenvalue weighted by atomic mass is 16.5. The number of aliphatic hydroxyl groups excluding tert-OH is 1. The topological polar surface area (TPSA) is 53.0 Å². The van der Waals surface area contributed by atoms with Crippen LogP contribution in [-0.4, -0.2) is 72.9 Å². The van der Waals surface area contributed by atoms with Crippen LogP contribution in [0.4, 0.5) is 0 Å². The molecule has 1 N–H and O–H groups in total. The monoisotopic (exact) mass is 256 g/mol. The summed E-state index contributed by atoms with van der Waals surface area (Å²) in [6, 6.07) is 0. The molecule has 5 heteroatoms. The molecule has 5 nitrogen and oxygen atoms in total. The van der Waals surface area contributed by atoms with E-state index in [0.29, 0.717) is 19.5 Å². The molecule has 0 aromatic heterocycles. The number of aliphatic hydroxyl groups is 1. The van der Waals surface area contributed by atoms with Crippen molar-refractivity contribution in [3.05, 3.63) is 0 Å². The van der Waals surface area contributed by atoms with E-state index in [1.54, 1.807) is 12.0 Å². The molecular formula is C13H24N2O3. The van der Waals surface area contributed by atoms with E-state index >= 15 is 0 Å². The van der Waals surface area contributed by atoms with Crippen molar-refractivity contribution in [1.82, 2.24) is 9.80 Å². The average molecular weight is 256 g/mol. The summed E-state index contributed by atoms with van der Waals surface area (Å²) in [5, 5.41) is 9.68. The van der Waals surface area contributed by atoms with E-state index in [9.17, 15) is 9.90 Å². The Balaban J connectivity index is 1.65. The van der Waals surface area contributed by atoms with Crippen molar-refractivity contribution in [3.63, 3.8) is 0 Å². The van der Waals surface area contributed by atoms with E-state index in [2.05, 4.69) is 4.90 Å². The number of hydrogen-bond donors (Lipinski definition) is 1. The highest BCUT2D eigenvalue weighted by Crippen LogP contribution is 2.15. The van der Waals surface area contributed by atoms with Gasteiger partial charge in [-0.2, -0.15) is 0 Å². The standard InChI is InChI=1S/C13H24N2O3/c1-18-12-10-15(9-11(12)16)13(17)5-4-8-14-6-2-3-7-14/h11-12,16H,2-10H2,1H3/t11-,12-/m0/s1. The molecule has 2 aliphatic heterocycles. The molecular weight excluding hydrogens is 232 g/mol. The zero-order valence-electron chi connectivity index (χ0n) is 11.2. The van der Waals surface area contributed by atoms with Gasteiger partial charge in [0.05, 0.1) is 6.10 Å². The summed E-state index contributed by atoms with van der Waals surface area (Å²) in [7, 11) is 1.58. The van der Waals surface area contributed by atoms with Gasteiger partial charge in [0.1, 0.15) is 6.10 Å². The molecule has 2 saturated heterocycles. The molecule has 0 spiro atoms. The molecule has 0 bridgehead atoms. The highest BCUT2D eigenvalue weighted by molar-refractivity contribution is 5.76. The molecule has 0 aromatic carbocycles. The van der Waals surface area contributed by atoms with E-state index in [-0.39, 0.29) is 12.0 Å². The van der Waals surface area contributed by atoms with Gasteiger partial charge in [-0.05, 0) is 38.9 Å². The number of likely N-dealkylation sites (tertiary alicyclic amines) is 2. The summed E-state index contributed by atoms with van der Waals surface area (Å²) in [5.41, 5.74) is 0. The van der Waals surface area contributed by atoms with Gasteiger partial charge in [0.15, 0.2) is 0 Å². The summed E-state index contributed by atoms with van der Waals surface area (Å²) < 4.78 is 5.14. The molecule has 2 rings (SSSR count). The summed E-state index contributed by atoms with van der Waals surface area (Å²) >= 11 is 0. The molecule has 2 aliphatic rings. The second-order valence-corrected chi connectivity index (χ2v) is 5.29. The minimum atomic E-state index is -0.530. The van der Waals surface area contributed by atoms with Crippen LogP contribution in [0.1, 0.15) is 25.7 Å². The van der Waals surface area contributed by atoms with E-state index in [1.165, 1.54) is 25.9 Å². The first-order valence-corrected chi connectivity index (χ1v) is 6.91. The number of methoxy groups -OCH3 is 1. The molecule has 2 fully saturated rings. The average Bonchev–Trinajstić information content (AvgIpc) is 2.98. The lowest BCUT2D eigenvalue weighted by molar-refractivity contribution is -0.130. The maximum absolute atomic E-state index is 12.0. The molecule has 104 valence electrons. The molecule has 0 saturated carbocycles. The van der Waals surface area contributed by atoms with Gasteiger partial charge in [-0.25, -0.2) is 0 Å². The predicted molar refractivity (Wildman–Crippen MR) is 68.3 cm³/mol. The number of hydrogen-bond acceptors (Lipinski definition) is 4. The zero-order chi connectivity index (χ0) is 13.0. The molecule has 0 aliphatic carbocycles. The summed E-state index contributed by atoms with van der Waals surface area (Å²) in [5.74, 6) is 0.146. The van der Waals surface area contributed by atoms with Crippen LogP contribution in [0.5, 0.6) is 0 Å². The largest absolute Gasteiger partial charge is 0.388 e. The molecule has 1 amide bonds. The fourth-order valence-corrected chi connectivity index (χ4v) is 2.81. The van der Waals surface area contributed by atoms with Crippen molar-refractivity contribution in [2.45, 2.75) is 37.9 Å².